The van der Waals surface area contributed by atoms with E-state index in [0.29, 0.717) is 22.9 Å². The first kappa shape index (κ1) is 19.0. The van der Waals surface area contributed by atoms with Crippen LogP contribution in [0.25, 0.3) is 0 Å². The summed E-state index contributed by atoms with van der Waals surface area (Å²) in [5, 5.41) is 2.94. The molecule has 0 atom stereocenters. The molecule has 1 aromatic heterocycles. The first-order chi connectivity index (χ1) is 14.2. The molecule has 148 valence electrons. The minimum atomic E-state index is -0.249. The number of rotatable bonds is 5. The van der Waals surface area contributed by atoms with Crippen molar-refractivity contribution in [2.45, 2.75) is 19.8 Å². The average molecular weight is 387 g/mol. The number of amides is 1. The minimum absolute atomic E-state index is 0.249. The van der Waals surface area contributed by atoms with E-state index < -0.39 is 0 Å². The van der Waals surface area contributed by atoms with E-state index in [1.807, 2.05) is 66.7 Å². The standard InChI is InChI=1S/C24H25N3O2/c1-18-12-15-27(16-13-18)19-11-14-25-22(17-19)24(28)26-21-9-5-6-10-23(21)29-20-7-3-2-4-8-20/h2-11,14,17-18H,12-13,15-16H2,1H3,(H,26,28). The second-order valence-electron chi connectivity index (χ2n) is 7.43. The third-order valence-electron chi connectivity index (χ3n) is 5.23. The molecular weight excluding hydrogens is 362 g/mol. The van der Waals surface area contributed by atoms with Gasteiger partial charge < -0.3 is 15.0 Å². The van der Waals surface area contributed by atoms with Crippen LogP contribution in [-0.2, 0) is 0 Å². The molecule has 5 heteroatoms. The van der Waals surface area contributed by atoms with Gasteiger partial charge in [0.15, 0.2) is 5.75 Å². The second-order valence-corrected chi connectivity index (χ2v) is 7.43. The van der Waals surface area contributed by atoms with Crippen molar-refractivity contribution in [1.82, 2.24) is 4.98 Å². The Morgan fingerprint density at radius 1 is 1.03 bits per heavy atom. The molecule has 1 saturated heterocycles. The molecule has 0 aliphatic carbocycles. The Morgan fingerprint density at radius 2 is 1.76 bits per heavy atom. The van der Waals surface area contributed by atoms with E-state index in [9.17, 15) is 4.79 Å². The van der Waals surface area contributed by atoms with Crippen LogP contribution in [0.2, 0.25) is 0 Å². The molecular formula is C24H25N3O2. The van der Waals surface area contributed by atoms with Crippen LogP contribution >= 0.6 is 0 Å². The summed E-state index contributed by atoms with van der Waals surface area (Å²) in [5.74, 6) is 1.82. The van der Waals surface area contributed by atoms with E-state index in [-0.39, 0.29) is 5.91 Å². The highest BCUT2D eigenvalue weighted by Gasteiger charge is 2.18. The molecule has 0 spiro atoms. The van der Waals surface area contributed by atoms with E-state index in [1.165, 1.54) is 12.8 Å². The van der Waals surface area contributed by atoms with Gasteiger partial charge in [-0.2, -0.15) is 0 Å². The van der Waals surface area contributed by atoms with E-state index in [1.54, 1.807) is 6.20 Å². The number of pyridine rings is 1. The predicted molar refractivity (Wildman–Crippen MR) is 116 cm³/mol. The number of ether oxygens (including phenoxy) is 1. The van der Waals surface area contributed by atoms with Gasteiger partial charge in [0, 0.05) is 25.0 Å². The molecule has 1 aliphatic heterocycles. The number of anilines is 2. The minimum Gasteiger partial charge on any atom is -0.455 e. The van der Waals surface area contributed by atoms with Gasteiger partial charge in [0.25, 0.3) is 5.91 Å². The van der Waals surface area contributed by atoms with Crippen molar-refractivity contribution in [2.75, 3.05) is 23.3 Å². The Bertz CT molecular complexity index is 967. The van der Waals surface area contributed by atoms with E-state index >= 15 is 0 Å². The SMILES string of the molecule is CC1CCN(c2ccnc(C(=O)Nc3ccccc3Oc3ccccc3)c2)CC1. The molecule has 0 radical (unpaired) electrons. The molecule has 2 heterocycles. The monoisotopic (exact) mass is 387 g/mol. The summed E-state index contributed by atoms with van der Waals surface area (Å²) in [6, 6.07) is 20.8. The van der Waals surface area contributed by atoms with Crippen molar-refractivity contribution >= 4 is 17.3 Å². The van der Waals surface area contributed by atoms with Crippen LogP contribution in [0.3, 0.4) is 0 Å². The van der Waals surface area contributed by atoms with Crippen LogP contribution in [0.15, 0.2) is 72.9 Å². The normalized spacial score (nSPS) is 14.4. The largest absolute Gasteiger partial charge is 0.455 e. The van der Waals surface area contributed by atoms with Crippen LogP contribution < -0.4 is 15.0 Å². The van der Waals surface area contributed by atoms with E-state index in [0.717, 1.165) is 24.7 Å². The fourth-order valence-corrected chi connectivity index (χ4v) is 3.47. The Labute approximate surface area is 171 Å². The summed E-state index contributed by atoms with van der Waals surface area (Å²) in [6.07, 6.45) is 4.05. The molecule has 5 nitrogen and oxygen atoms in total. The Hall–Kier alpha value is -3.34. The maximum absolute atomic E-state index is 12.9. The summed E-state index contributed by atoms with van der Waals surface area (Å²) in [4.78, 5) is 19.5. The number of aromatic nitrogens is 1. The number of nitrogens with one attached hydrogen (secondary N) is 1. The highest BCUT2D eigenvalue weighted by atomic mass is 16.5. The average Bonchev–Trinajstić information content (AvgIpc) is 2.76. The fourth-order valence-electron chi connectivity index (χ4n) is 3.47. The Morgan fingerprint density at radius 3 is 2.55 bits per heavy atom. The summed E-state index contributed by atoms with van der Waals surface area (Å²) >= 11 is 0. The fraction of sp³-hybridized carbons (Fsp3) is 0.250. The molecule has 1 aliphatic rings. The summed E-state index contributed by atoms with van der Waals surface area (Å²) < 4.78 is 5.93. The van der Waals surface area contributed by atoms with Gasteiger partial charge in [-0.1, -0.05) is 37.3 Å². The molecule has 29 heavy (non-hydrogen) atoms. The van der Waals surface area contributed by atoms with Crippen molar-refractivity contribution in [3.63, 3.8) is 0 Å². The highest BCUT2D eigenvalue weighted by molar-refractivity contribution is 6.04. The van der Waals surface area contributed by atoms with Gasteiger partial charge in [-0.05, 0) is 55.2 Å². The van der Waals surface area contributed by atoms with Crippen molar-refractivity contribution in [2.24, 2.45) is 5.92 Å². The number of carbonyl (C=O) groups is 1. The molecule has 4 rings (SSSR count). The van der Waals surface area contributed by atoms with Gasteiger partial charge in [0.05, 0.1) is 5.69 Å². The lowest BCUT2D eigenvalue weighted by molar-refractivity contribution is 0.102. The van der Waals surface area contributed by atoms with Gasteiger partial charge >= 0.3 is 0 Å². The van der Waals surface area contributed by atoms with Crippen molar-refractivity contribution in [3.05, 3.63) is 78.6 Å². The predicted octanol–water partition coefficient (Wildman–Crippen LogP) is 5.36. The number of benzene rings is 2. The molecule has 3 aromatic rings. The third-order valence-corrected chi connectivity index (χ3v) is 5.23. The summed E-state index contributed by atoms with van der Waals surface area (Å²) in [5.41, 5.74) is 2.06. The first-order valence-corrected chi connectivity index (χ1v) is 10.0. The highest BCUT2D eigenvalue weighted by Crippen LogP contribution is 2.30. The van der Waals surface area contributed by atoms with Crippen molar-refractivity contribution in [1.29, 1.82) is 0 Å². The van der Waals surface area contributed by atoms with Crippen LogP contribution in [-0.4, -0.2) is 24.0 Å². The number of para-hydroxylation sites is 3. The molecule has 2 aromatic carbocycles. The Kier molecular flexibility index (Phi) is 5.75. The summed E-state index contributed by atoms with van der Waals surface area (Å²) in [6.45, 7) is 4.32. The quantitative estimate of drug-likeness (QED) is 0.640. The maximum atomic E-state index is 12.9. The topological polar surface area (TPSA) is 54.5 Å². The van der Waals surface area contributed by atoms with Crippen LogP contribution in [0, 0.1) is 5.92 Å². The third kappa shape index (κ3) is 4.74. The molecule has 1 amide bonds. The van der Waals surface area contributed by atoms with Crippen molar-refractivity contribution in [3.8, 4) is 11.5 Å². The van der Waals surface area contributed by atoms with Gasteiger partial charge in [0.2, 0.25) is 0 Å². The van der Waals surface area contributed by atoms with E-state index in [2.05, 4.69) is 22.1 Å². The number of hydrogen-bond donors (Lipinski definition) is 1. The van der Waals surface area contributed by atoms with Crippen molar-refractivity contribution < 1.29 is 9.53 Å². The molecule has 0 bridgehead atoms. The lowest BCUT2D eigenvalue weighted by Crippen LogP contribution is -2.33. The van der Waals surface area contributed by atoms with Gasteiger partial charge in [0.1, 0.15) is 11.4 Å². The molecule has 1 N–H and O–H groups in total. The lowest BCUT2D eigenvalue weighted by Gasteiger charge is -2.32. The summed E-state index contributed by atoms with van der Waals surface area (Å²) in [7, 11) is 0. The number of carbonyl (C=O) groups excluding carboxylic acids is 1. The van der Waals surface area contributed by atoms with Gasteiger partial charge in [-0.3, -0.25) is 9.78 Å². The number of hydrogen-bond acceptors (Lipinski definition) is 4. The molecule has 0 saturated carbocycles. The van der Waals surface area contributed by atoms with Crippen LogP contribution in [0.4, 0.5) is 11.4 Å². The zero-order chi connectivity index (χ0) is 20.1. The van der Waals surface area contributed by atoms with Crippen LogP contribution in [0.5, 0.6) is 11.5 Å². The Balaban J connectivity index is 1.49. The molecule has 1 fully saturated rings. The zero-order valence-electron chi connectivity index (χ0n) is 16.5. The zero-order valence-corrected chi connectivity index (χ0v) is 16.5. The smallest absolute Gasteiger partial charge is 0.274 e. The number of nitrogens with zero attached hydrogens (tertiary/aromatic N) is 2. The van der Waals surface area contributed by atoms with E-state index in [4.69, 9.17) is 4.74 Å². The van der Waals surface area contributed by atoms with Gasteiger partial charge in [-0.25, -0.2) is 0 Å². The van der Waals surface area contributed by atoms with Gasteiger partial charge in [-0.15, -0.1) is 0 Å². The number of piperidine rings is 1. The first-order valence-electron chi connectivity index (χ1n) is 10.0. The maximum Gasteiger partial charge on any atom is 0.274 e. The molecule has 0 unspecified atom stereocenters. The lowest BCUT2D eigenvalue weighted by atomic mass is 9.99. The van der Waals surface area contributed by atoms with Crippen LogP contribution in [0.1, 0.15) is 30.3 Å². The second kappa shape index (κ2) is 8.78.